The maximum Gasteiger partial charge on any atom is 0.416 e. The number of aryl methyl sites for hydroxylation is 1. The van der Waals surface area contributed by atoms with Crippen molar-refractivity contribution >= 4 is 15.7 Å². The van der Waals surface area contributed by atoms with Crippen molar-refractivity contribution in [2.24, 2.45) is 5.73 Å². The quantitative estimate of drug-likeness (QED) is 0.568. The van der Waals surface area contributed by atoms with Crippen LogP contribution in [-0.2, 0) is 16.2 Å². The molecule has 0 fully saturated rings. The second-order valence-corrected chi connectivity index (χ2v) is 7.52. The van der Waals surface area contributed by atoms with E-state index in [1.165, 1.54) is 19.1 Å². The van der Waals surface area contributed by atoms with E-state index in [0.29, 0.717) is 5.56 Å². The van der Waals surface area contributed by atoms with Gasteiger partial charge in [-0.1, -0.05) is 12.1 Å². The molecule has 0 aliphatic heterocycles. The van der Waals surface area contributed by atoms with Gasteiger partial charge < -0.3 is 5.73 Å². The van der Waals surface area contributed by atoms with Crippen LogP contribution in [0.4, 0.5) is 18.9 Å². The van der Waals surface area contributed by atoms with Gasteiger partial charge in [0.25, 0.3) is 5.69 Å². The number of hydrogen-bond donors (Lipinski definition) is 2. The lowest BCUT2D eigenvalue weighted by atomic mass is 10.1. The Labute approximate surface area is 153 Å². The molecular weight excluding hydrogens is 387 g/mol. The Morgan fingerprint density at radius 3 is 2.26 bits per heavy atom. The highest BCUT2D eigenvalue weighted by Gasteiger charge is 2.30. The topological polar surface area (TPSA) is 115 Å². The maximum absolute atomic E-state index is 12.6. The van der Waals surface area contributed by atoms with E-state index >= 15 is 0 Å². The molecule has 2 aromatic rings. The van der Waals surface area contributed by atoms with Crippen molar-refractivity contribution in [2.45, 2.75) is 24.0 Å². The second kappa shape index (κ2) is 7.62. The van der Waals surface area contributed by atoms with Crippen molar-refractivity contribution in [3.05, 3.63) is 69.3 Å². The number of rotatable bonds is 6. The van der Waals surface area contributed by atoms with Crippen molar-refractivity contribution in [2.75, 3.05) is 6.54 Å². The van der Waals surface area contributed by atoms with Gasteiger partial charge in [-0.25, -0.2) is 13.1 Å². The van der Waals surface area contributed by atoms with E-state index in [1.807, 2.05) is 0 Å². The number of hydrogen-bond acceptors (Lipinski definition) is 5. The standard InChI is InChI=1S/C16H16F3N3O4S/c1-10-8-13(22(23)24)6-7-15(10)27(25,26)21-9-14(20)11-2-4-12(5-3-11)16(17,18)19/h2-8,14,21H,9,20H2,1H3/t14-/m1/s1. The van der Waals surface area contributed by atoms with Crippen molar-refractivity contribution in [1.29, 1.82) is 0 Å². The zero-order valence-corrected chi connectivity index (χ0v) is 14.8. The molecule has 0 aliphatic rings. The molecule has 0 saturated heterocycles. The molecule has 0 saturated carbocycles. The first kappa shape index (κ1) is 20.8. The highest BCUT2D eigenvalue weighted by molar-refractivity contribution is 7.89. The Morgan fingerprint density at radius 2 is 1.78 bits per heavy atom. The number of halogens is 3. The van der Waals surface area contributed by atoms with Crippen LogP contribution in [0.15, 0.2) is 47.4 Å². The number of alkyl halides is 3. The van der Waals surface area contributed by atoms with Crippen LogP contribution >= 0.6 is 0 Å². The van der Waals surface area contributed by atoms with Crippen LogP contribution in [0, 0.1) is 17.0 Å². The van der Waals surface area contributed by atoms with E-state index in [9.17, 15) is 31.7 Å². The van der Waals surface area contributed by atoms with E-state index in [4.69, 9.17) is 5.73 Å². The minimum atomic E-state index is -4.47. The summed E-state index contributed by atoms with van der Waals surface area (Å²) in [4.78, 5) is 9.94. The Balaban J connectivity index is 2.11. The molecular formula is C16H16F3N3O4S. The average Bonchev–Trinajstić information content (AvgIpc) is 2.58. The largest absolute Gasteiger partial charge is 0.416 e. The minimum absolute atomic E-state index is 0.146. The first-order valence-electron chi connectivity index (χ1n) is 7.59. The van der Waals surface area contributed by atoms with Gasteiger partial charge in [0.1, 0.15) is 0 Å². The summed E-state index contributed by atoms with van der Waals surface area (Å²) in [6, 6.07) is 6.52. The summed E-state index contributed by atoms with van der Waals surface area (Å²) >= 11 is 0. The summed E-state index contributed by atoms with van der Waals surface area (Å²) < 4.78 is 64.7. The fourth-order valence-electron chi connectivity index (χ4n) is 2.36. The van der Waals surface area contributed by atoms with Crippen LogP contribution < -0.4 is 10.5 Å². The molecule has 27 heavy (non-hydrogen) atoms. The monoisotopic (exact) mass is 403 g/mol. The summed E-state index contributed by atoms with van der Waals surface area (Å²) in [5.74, 6) is 0. The molecule has 11 heteroatoms. The van der Waals surface area contributed by atoms with Gasteiger partial charge in [0.2, 0.25) is 10.0 Å². The van der Waals surface area contributed by atoms with Crippen LogP contribution in [0.3, 0.4) is 0 Å². The predicted octanol–water partition coefficient (Wildman–Crippen LogP) is 2.90. The van der Waals surface area contributed by atoms with Gasteiger partial charge >= 0.3 is 6.18 Å². The Hall–Kier alpha value is -2.50. The van der Waals surface area contributed by atoms with Crippen molar-refractivity contribution in [3.63, 3.8) is 0 Å². The summed E-state index contributed by atoms with van der Waals surface area (Å²) in [6.45, 7) is 1.15. The SMILES string of the molecule is Cc1cc([N+](=O)[O-])ccc1S(=O)(=O)NC[C@@H](N)c1ccc(C(F)(F)F)cc1. The number of nitro groups is 1. The zero-order valence-electron chi connectivity index (χ0n) is 14.0. The van der Waals surface area contributed by atoms with Gasteiger partial charge in [0.15, 0.2) is 0 Å². The lowest BCUT2D eigenvalue weighted by molar-refractivity contribution is -0.385. The molecule has 0 aliphatic carbocycles. The Bertz CT molecular complexity index is 944. The molecule has 0 amide bonds. The smallest absolute Gasteiger partial charge is 0.323 e. The van der Waals surface area contributed by atoms with Gasteiger partial charge in [-0.05, 0) is 36.2 Å². The van der Waals surface area contributed by atoms with Gasteiger partial charge in [-0.15, -0.1) is 0 Å². The number of sulfonamides is 1. The van der Waals surface area contributed by atoms with Crippen LogP contribution in [-0.4, -0.2) is 19.9 Å². The Morgan fingerprint density at radius 1 is 1.19 bits per heavy atom. The molecule has 0 radical (unpaired) electrons. The maximum atomic E-state index is 12.6. The van der Waals surface area contributed by atoms with Crippen molar-refractivity contribution in [1.82, 2.24) is 4.72 Å². The Kier molecular flexibility index (Phi) is 5.88. The molecule has 0 unspecified atom stereocenters. The lowest BCUT2D eigenvalue weighted by Crippen LogP contribution is -2.32. The third kappa shape index (κ3) is 5.02. The third-order valence-electron chi connectivity index (χ3n) is 3.82. The van der Waals surface area contributed by atoms with Crippen LogP contribution in [0.5, 0.6) is 0 Å². The van der Waals surface area contributed by atoms with E-state index < -0.39 is 32.7 Å². The zero-order chi connectivity index (χ0) is 20.4. The van der Waals surface area contributed by atoms with Crippen LogP contribution in [0.2, 0.25) is 0 Å². The summed E-state index contributed by atoms with van der Waals surface area (Å²) in [5.41, 5.74) is 5.27. The predicted molar refractivity (Wildman–Crippen MR) is 91.4 cm³/mol. The summed E-state index contributed by atoms with van der Waals surface area (Å²) in [5, 5.41) is 10.7. The van der Waals surface area contributed by atoms with E-state index in [-0.39, 0.29) is 22.7 Å². The molecule has 0 heterocycles. The fourth-order valence-corrected chi connectivity index (χ4v) is 3.65. The molecule has 2 rings (SSSR count). The highest BCUT2D eigenvalue weighted by atomic mass is 32.2. The van der Waals surface area contributed by atoms with Crippen LogP contribution in [0.1, 0.15) is 22.7 Å². The van der Waals surface area contributed by atoms with Gasteiger partial charge in [0, 0.05) is 24.7 Å². The lowest BCUT2D eigenvalue weighted by Gasteiger charge is -2.15. The number of non-ortho nitro benzene ring substituents is 1. The first-order valence-corrected chi connectivity index (χ1v) is 9.07. The number of nitrogens with one attached hydrogen (secondary N) is 1. The van der Waals surface area contributed by atoms with Crippen molar-refractivity contribution in [3.8, 4) is 0 Å². The molecule has 0 bridgehead atoms. The minimum Gasteiger partial charge on any atom is -0.323 e. The van der Waals surface area contributed by atoms with Gasteiger partial charge in [0.05, 0.1) is 15.4 Å². The number of benzene rings is 2. The molecule has 1 atom stereocenters. The first-order chi connectivity index (χ1) is 12.4. The molecule has 0 aromatic heterocycles. The van der Waals surface area contributed by atoms with E-state index in [2.05, 4.69) is 4.72 Å². The van der Waals surface area contributed by atoms with E-state index in [0.717, 1.165) is 30.3 Å². The third-order valence-corrected chi connectivity index (χ3v) is 5.40. The van der Waals surface area contributed by atoms with Gasteiger partial charge in [-0.2, -0.15) is 13.2 Å². The average molecular weight is 403 g/mol. The summed E-state index contributed by atoms with van der Waals surface area (Å²) in [6.07, 6.45) is -4.47. The molecule has 7 nitrogen and oxygen atoms in total. The number of nitrogens with zero attached hydrogens (tertiary/aromatic N) is 1. The van der Waals surface area contributed by atoms with E-state index in [1.54, 1.807) is 0 Å². The normalized spacial score (nSPS) is 13.4. The molecule has 146 valence electrons. The molecule has 0 spiro atoms. The van der Waals surface area contributed by atoms with Crippen LogP contribution in [0.25, 0.3) is 0 Å². The molecule has 2 aromatic carbocycles. The number of nitro benzene ring substituents is 1. The fraction of sp³-hybridized carbons (Fsp3) is 0.250. The number of nitrogens with two attached hydrogens (primary N) is 1. The highest BCUT2D eigenvalue weighted by Crippen LogP contribution is 2.29. The second-order valence-electron chi connectivity index (χ2n) is 5.79. The summed E-state index contributed by atoms with van der Waals surface area (Å²) in [7, 11) is -4.00. The molecule has 3 N–H and O–H groups in total. The van der Waals surface area contributed by atoms with Gasteiger partial charge in [-0.3, -0.25) is 10.1 Å². The van der Waals surface area contributed by atoms with Crippen molar-refractivity contribution < 1.29 is 26.5 Å².